The maximum atomic E-state index is 7.74. The molecule has 0 aliphatic carbocycles. The van der Waals surface area contributed by atoms with E-state index < -0.39 is 0 Å². The first kappa shape index (κ1) is 18.1. The lowest BCUT2D eigenvalue weighted by Crippen LogP contribution is -2.30. The molecule has 144 valence electrons. The van der Waals surface area contributed by atoms with E-state index in [0.29, 0.717) is 5.69 Å². The van der Waals surface area contributed by atoms with Crippen molar-refractivity contribution in [3.8, 4) is 22.4 Å². The summed E-state index contributed by atoms with van der Waals surface area (Å²) in [6.45, 7) is 11.9. The summed E-state index contributed by atoms with van der Waals surface area (Å²) < 4.78 is 8.55. The van der Waals surface area contributed by atoms with Gasteiger partial charge >= 0.3 is 0 Å². The van der Waals surface area contributed by atoms with E-state index in [1.165, 1.54) is 5.56 Å². The molecular formula is C27H21N2O+. The monoisotopic (exact) mass is 389 g/mol. The zero-order chi connectivity index (χ0) is 20.8. The molecule has 0 aliphatic heterocycles. The highest BCUT2D eigenvalue weighted by molar-refractivity contribution is 6.12. The van der Waals surface area contributed by atoms with Crippen LogP contribution in [0.5, 0.6) is 0 Å². The van der Waals surface area contributed by atoms with Gasteiger partial charge in [0.05, 0.1) is 12.1 Å². The van der Waals surface area contributed by atoms with Crippen molar-refractivity contribution in [3.63, 3.8) is 0 Å². The highest BCUT2D eigenvalue weighted by Gasteiger charge is 2.21. The number of hydrogen-bond donors (Lipinski definition) is 0. The lowest BCUT2D eigenvalue weighted by molar-refractivity contribution is -0.660. The molecule has 0 radical (unpaired) electrons. The first-order chi connectivity index (χ1) is 14.6. The van der Waals surface area contributed by atoms with Crippen LogP contribution in [0.4, 0.5) is 5.69 Å². The van der Waals surface area contributed by atoms with Crippen LogP contribution >= 0.6 is 0 Å². The Morgan fingerprint density at radius 1 is 0.900 bits per heavy atom. The summed E-state index contributed by atoms with van der Waals surface area (Å²) in [6, 6.07) is 22.7. The van der Waals surface area contributed by atoms with Crippen LogP contribution in [0.3, 0.4) is 0 Å². The van der Waals surface area contributed by atoms with E-state index >= 15 is 0 Å². The minimum atomic E-state index is 0.640. The van der Waals surface area contributed by atoms with E-state index in [2.05, 4.69) is 65.7 Å². The molecule has 30 heavy (non-hydrogen) atoms. The van der Waals surface area contributed by atoms with Crippen LogP contribution in [0, 0.1) is 20.4 Å². The number of hydrogen-bond acceptors (Lipinski definition) is 1. The molecule has 0 amide bonds. The third-order valence-corrected chi connectivity index (χ3v) is 5.76. The van der Waals surface area contributed by atoms with Crippen LogP contribution in [0.2, 0.25) is 0 Å². The third-order valence-electron chi connectivity index (χ3n) is 5.76. The quantitative estimate of drug-likeness (QED) is 0.237. The number of pyridine rings is 1. The number of nitrogens with zero attached hydrogens (tertiary/aromatic N) is 2. The first-order valence-corrected chi connectivity index (χ1v) is 9.96. The van der Waals surface area contributed by atoms with E-state index in [9.17, 15) is 0 Å². The smallest absolute Gasteiger partial charge is 0.216 e. The highest BCUT2D eigenvalue weighted by Crippen LogP contribution is 2.41. The Labute approximate surface area is 175 Å². The SMILES string of the molecule is [C-]#[N+]c1cc2c(cc1-c1ccc(C)cc1)oc1c(-c3cccc[n+]3C)c(C)ccc12. The van der Waals surface area contributed by atoms with Crippen LogP contribution in [-0.4, -0.2) is 0 Å². The fourth-order valence-corrected chi connectivity index (χ4v) is 4.13. The van der Waals surface area contributed by atoms with E-state index in [1.54, 1.807) is 0 Å². The van der Waals surface area contributed by atoms with Gasteiger partial charge in [-0.05, 0) is 48.7 Å². The van der Waals surface area contributed by atoms with Crippen LogP contribution in [0.15, 0.2) is 77.3 Å². The van der Waals surface area contributed by atoms with Crippen LogP contribution < -0.4 is 4.57 Å². The molecule has 0 N–H and O–H groups in total. The molecule has 3 aromatic carbocycles. The number of rotatable bonds is 2. The normalized spacial score (nSPS) is 11.1. The molecule has 0 saturated heterocycles. The Kier molecular flexibility index (Phi) is 4.15. The Bertz CT molecular complexity index is 1470. The van der Waals surface area contributed by atoms with Gasteiger partial charge in [0.15, 0.2) is 11.9 Å². The predicted molar refractivity (Wildman–Crippen MR) is 122 cm³/mol. The first-order valence-electron chi connectivity index (χ1n) is 9.96. The van der Waals surface area contributed by atoms with Crippen LogP contribution in [0.25, 0.3) is 49.2 Å². The predicted octanol–water partition coefficient (Wildman–Crippen LogP) is 6.91. The van der Waals surface area contributed by atoms with E-state index in [4.69, 9.17) is 11.0 Å². The van der Waals surface area contributed by atoms with Crippen molar-refractivity contribution in [2.24, 2.45) is 7.05 Å². The number of benzene rings is 3. The molecule has 2 heterocycles. The second kappa shape index (κ2) is 6.86. The number of aryl methyl sites for hydroxylation is 3. The van der Waals surface area contributed by atoms with Crippen LogP contribution in [0.1, 0.15) is 11.1 Å². The highest BCUT2D eigenvalue weighted by atomic mass is 16.3. The van der Waals surface area contributed by atoms with Gasteiger partial charge in [-0.25, -0.2) is 9.41 Å². The summed E-state index contributed by atoms with van der Waals surface area (Å²) in [5, 5.41) is 2.02. The van der Waals surface area contributed by atoms with Gasteiger partial charge in [-0.15, -0.1) is 0 Å². The maximum absolute atomic E-state index is 7.74. The van der Waals surface area contributed by atoms with Gasteiger partial charge in [-0.1, -0.05) is 42.0 Å². The molecule has 3 nitrogen and oxygen atoms in total. The van der Waals surface area contributed by atoms with E-state index in [1.807, 2.05) is 37.5 Å². The minimum Gasteiger partial charge on any atom is -0.455 e. The zero-order valence-electron chi connectivity index (χ0n) is 17.2. The van der Waals surface area contributed by atoms with Crippen molar-refractivity contribution in [1.82, 2.24) is 0 Å². The van der Waals surface area contributed by atoms with Gasteiger partial charge in [-0.3, -0.25) is 0 Å². The summed E-state index contributed by atoms with van der Waals surface area (Å²) in [6.07, 6.45) is 2.04. The second-order valence-electron chi connectivity index (χ2n) is 7.78. The molecule has 0 atom stereocenters. The van der Waals surface area contributed by atoms with Gasteiger partial charge in [0, 0.05) is 22.9 Å². The Hall–Kier alpha value is -3.90. The van der Waals surface area contributed by atoms with Crippen molar-refractivity contribution in [1.29, 1.82) is 0 Å². The fraction of sp³-hybridized carbons (Fsp3) is 0.111. The summed E-state index contributed by atoms with van der Waals surface area (Å²) >= 11 is 0. The van der Waals surface area contributed by atoms with Crippen LogP contribution in [-0.2, 0) is 7.05 Å². The topological polar surface area (TPSA) is 21.4 Å². The molecule has 0 spiro atoms. The van der Waals surface area contributed by atoms with E-state index in [0.717, 1.165) is 49.9 Å². The number of furan rings is 1. The van der Waals surface area contributed by atoms with E-state index in [-0.39, 0.29) is 0 Å². The lowest BCUT2D eigenvalue weighted by atomic mass is 9.98. The fourth-order valence-electron chi connectivity index (χ4n) is 4.13. The lowest BCUT2D eigenvalue weighted by Gasteiger charge is -2.05. The molecule has 0 fully saturated rings. The molecule has 3 heteroatoms. The molecule has 5 aromatic rings. The molecule has 0 saturated carbocycles. The molecule has 5 rings (SSSR count). The third kappa shape index (κ3) is 2.77. The minimum absolute atomic E-state index is 0.640. The maximum Gasteiger partial charge on any atom is 0.216 e. The summed E-state index contributed by atoms with van der Waals surface area (Å²) in [5.74, 6) is 0. The van der Waals surface area contributed by atoms with Gasteiger partial charge in [0.1, 0.15) is 18.2 Å². The van der Waals surface area contributed by atoms with Gasteiger partial charge in [0.25, 0.3) is 0 Å². The van der Waals surface area contributed by atoms with Gasteiger partial charge in [0.2, 0.25) is 5.69 Å². The van der Waals surface area contributed by atoms with Gasteiger partial charge < -0.3 is 4.42 Å². The largest absolute Gasteiger partial charge is 0.455 e. The average molecular weight is 389 g/mol. The number of aromatic nitrogens is 1. The van der Waals surface area contributed by atoms with Crippen molar-refractivity contribution in [2.45, 2.75) is 13.8 Å². The summed E-state index contributed by atoms with van der Waals surface area (Å²) in [4.78, 5) is 3.82. The van der Waals surface area contributed by atoms with Crippen molar-refractivity contribution in [3.05, 3.63) is 95.5 Å². The standard InChI is InChI=1S/C27H21N2O/c1-17-8-11-19(12-9-17)21-16-25-22(15-23(21)28-3)20-13-10-18(2)26(27(20)30-25)24-7-5-6-14-29(24)4/h5-16H,1-2,4H3/q+1. The average Bonchev–Trinajstić information content (AvgIpc) is 3.11. The van der Waals surface area contributed by atoms with Crippen molar-refractivity contribution >= 4 is 27.6 Å². The van der Waals surface area contributed by atoms with Crippen molar-refractivity contribution in [2.75, 3.05) is 0 Å². The summed E-state index contributed by atoms with van der Waals surface area (Å²) in [5.41, 5.74) is 8.79. The molecule has 0 bridgehead atoms. The molecule has 0 aliphatic rings. The molecule has 0 unspecified atom stereocenters. The molecular weight excluding hydrogens is 368 g/mol. The van der Waals surface area contributed by atoms with Crippen molar-refractivity contribution < 1.29 is 8.98 Å². The van der Waals surface area contributed by atoms with Gasteiger partial charge in [-0.2, -0.15) is 0 Å². The summed E-state index contributed by atoms with van der Waals surface area (Å²) in [7, 11) is 2.04. The Morgan fingerprint density at radius 3 is 2.43 bits per heavy atom. The number of fused-ring (bicyclic) bond motifs is 3. The molecule has 2 aromatic heterocycles. The second-order valence-corrected chi connectivity index (χ2v) is 7.78. The zero-order valence-corrected chi connectivity index (χ0v) is 17.2. The Balaban J connectivity index is 1.84. The Morgan fingerprint density at radius 2 is 1.70 bits per heavy atom.